The Balaban J connectivity index is 2.92. The average Bonchev–Trinajstić information content (AvgIpc) is 2.59. The number of nitrogens with zero attached hydrogens (tertiary/aromatic N) is 1. The van der Waals surface area contributed by atoms with Crippen LogP contribution in [0.2, 0.25) is 0 Å². The van der Waals surface area contributed by atoms with Crippen molar-refractivity contribution in [2.24, 2.45) is 0 Å². The summed E-state index contributed by atoms with van der Waals surface area (Å²) in [6.45, 7) is 7.62. The van der Waals surface area contributed by atoms with E-state index < -0.39 is 11.5 Å². The van der Waals surface area contributed by atoms with Gasteiger partial charge in [0.1, 0.15) is 10.6 Å². The number of amides is 1. The quantitative estimate of drug-likeness (QED) is 0.754. The number of hydrogen-bond acceptors (Lipinski definition) is 5. The largest absolute Gasteiger partial charge is 0.478 e. The molecule has 0 fully saturated rings. The molecule has 7 heteroatoms. The molecule has 0 atom stereocenters. The molecule has 1 amide bonds. The Morgan fingerprint density at radius 2 is 2.06 bits per heavy atom. The molecule has 0 spiro atoms. The van der Waals surface area contributed by atoms with E-state index in [1.807, 2.05) is 6.92 Å². The molecule has 1 heterocycles. The molecule has 6 nitrogen and oxygen atoms in total. The molecule has 1 rings (SSSR count). The predicted molar refractivity (Wildman–Crippen MR) is 70.2 cm³/mol. The molecule has 1 aromatic heterocycles. The van der Waals surface area contributed by atoms with Crippen molar-refractivity contribution in [2.75, 3.05) is 11.9 Å². The Morgan fingerprint density at radius 3 is 2.56 bits per heavy atom. The molecule has 0 bridgehead atoms. The second kappa shape index (κ2) is 5.45. The maximum absolute atomic E-state index is 12.0. The van der Waals surface area contributed by atoms with Crippen LogP contribution in [-0.4, -0.2) is 33.4 Å². The highest BCUT2D eigenvalue weighted by atomic mass is 32.1. The summed E-state index contributed by atoms with van der Waals surface area (Å²) in [7, 11) is 0. The molecule has 0 unspecified atom stereocenters. The first-order valence-electron chi connectivity index (χ1n) is 5.55. The topological polar surface area (TPSA) is 91.3 Å². The van der Waals surface area contributed by atoms with Crippen molar-refractivity contribution < 1.29 is 14.7 Å². The molecule has 1 aromatic rings. The maximum atomic E-state index is 12.0. The summed E-state index contributed by atoms with van der Waals surface area (Å²) in [5.74, 6) is -1.37. The number of hydrogen-bond donors (Lipinski definition) is 3. The van der Waals surface area contributed by atoms with Crippen LogP contribution in [0.1, 0.15) is 36.8 Å². The van der Waals surface area contributed by atoms with Crippen molar-refractivity contribution in [2.45, 2.75) is 33.2 Å². The molecule has 0 saturated heterocycles. The van der Waals surface area contributed by atoms with Crippen LogP contribution < -0.4 is 10.6 Å². The van der Waals surface area contributed by atoms with Crippen LogP contribution in [-0.2, 0) is 4.79 Å². The third kappa shape index (κ3) is 3.05. The summed E-state index contributed by atoms with van der Waals surface area (Å²) >= 11 is 0.976. The van der Waals surface area contributed by atoms with Crippen molar-refractivity contribution in [3.05, 3.63) is 11.3 Å². The molecule has 3 N–H and O–H groups in total. The van der Waals surface area contributed by atoms with Crippen LogP contribution in [0.25, 0.3) is 0 Å². The Bertz CT molecular complexity index is 468. The smallest absolute Gasteiger partial charge is 0.340 e. The second-order valence-corrected chi connectivity index (χ2v) is 5.16. The van der Waals surface area contributed by atoms with E-state index in [1.165, 1.54) is 0 Å². The lowest BCUT2D eigenvalue weighted by molar-refractivity contribution is -0.121. The van der Waals surface area contributed by atoms with Crippen molar-refractivity contribution in [3.63, 3.8) is 0 Å². The third-order valence-electron chi connectivity index (χ3n) is 2.49. The first-order chi connectivity index (χ1) is 8.29. The van der Waals surface area contributed by atoms with E-state index in [0.717, 1.165) is 11.5 Å². The van der Waals surface area contributed by atoms with Crippen LogP contribution in [0.3, 0.4) is 0 Å². The lowest BCUT2D eigenvalue weighted by Crippen LogP contribution is -2.49. The molecule has 18 heavy (non-hydrogen) atoms. The van der Waals surface area contributed by atoms with E-state index in [1.54, 1.807) is 20.8 Å². The minimum absolute atomic E-state index is 0.0562. The van der Waals surface area contributed by atoms with Crippen molar-refractivity contribution >= 4 is 28.4 Å². The fraction of sp³-hybridized carbons (Fsp3) is 0.545. The number of carboxylic acids is 1. The molecule has 0 aliphatic carbocycles. The van der Waals surface area contributed by atoms with Crippen molar-refractivity contribution in [1.29, 1.82) is 0 Å². The highest BCUT2D eigenvalue weighted by molar-refractivity contribution is 7.11. The normalized spacial score (nSPS) is 11.3. The van der Waals surface area contributed by atoms with Gasteiger partial charge in [-0.3, -0.25) is 4.79 Å². The summed E-state index contributed by atoms with van der Waals surface area (Å²) in [6.07, 6.45) is 0. The molecular weight excluding hydrogens is 254 g/mol. The summed E-state index contributed by atoms with van der Waals surface area (Å²) in [5, 5.41) is 15.0. The average molecular weight is 271 g/mol. The number of nitrogens with one attached hydrogen (secondary N) is 2. The first kappa shape index (κ1) is 14.6. The van der Waals surface area contributed by atoms with Crippen LogP contribution in [0.5, 0.6) is 0 Å². The number of carbonyl (C=O) groups is 2. The fourth-order valence-corrected chi connectivity index (χ4v) is 2.27. The Kier molecular flexibility index (Phi) is 4.42. The molecule has 0 aromatic carbocycles. The van der Waals surface area contributed by atoms with Gasteiger partial charge in [0, 0.05) is 0 Å². The molecular formula is C11H17N3O3S. The SMILES string of the molecule is CCNC(C)(C)C(=O)Nc1snc(C)c1C(=O)O. The zero-order valence-corrected chi connectivity index (χ0v) is 11.6. The third-order valence-corrected chi connectivity index (χ3v) is 3.34. The lowest BCUT2D eigenvalue weighted by Gasteiger charge is -2.24. The number of aromatic nitrogens is 1. The zero-order chi connectivity index (χ0) is 13.9. The van der Waals surface area contributed by atoms with Crippen molar-refractivity contribution in [3.8, 4) is 0 Å². The van der Waals surface area contributed by atoms with Gasteiger partial charge in [0.05, 0.1) is 11.2 Å². The van der Waals surface area contributed by atoms with E-state index in [4.69, 9.17) is 5.11 Å². The van der Waals surface area contributed by atoms with Gasteiger partial charge in [-0.05, 0) is 38.8 Å². The number of aromatic carboxylic acids is 1. The number of likely N-dealkylation sites (N-methyl/N-ethyl adjacent to an activating group) is 1. The van der Waals surface area contributed by atoms with Crippen LogP contribution in [0.15, 0.2) is 0 Å². The predicted octanol–water partition coefficient (Wildman–Crippen LogP) is 1.48. The van der Waals surface area contributed by atoms with Crippen LogP contribution in [0, 0.1) is 6.92 Å². The van der Waals surface area contributed by atoms with Crippen molar-refractivity contribution in [1.82, 2.24) is 9.69 Å². The zero-order valence-electron chi connectivity index (χ0n) is 10.8. The number of aryl methyl sites for hydroxylation is 1. The number of carboxylic acid groups (broad SMARTS) is 1. The number of rotatable bonds is 5. The van der Waals surface area contributed by atoms with Gasteiger partial charge in [-0.1, -0.05) is 6.92 Å². The second-order valence-electron chi connectivity index (χ2n) is 4.39. The van der Waals surface area contributed by atoms with Gasteiger partial charge >= 0.3 is 5.97 Å². The fourth-order valence-electron chi connectivity index (χ4n) is 1.49. The number of anilines is 1. The van der Waals surface area contributed by atoms with Gasteiger partial charge in [0.15, 0.2) is 0 Å². The molecule has 0 saturated carbocycles. The standard InChI is InChI=1S/C11H17N3O3S/c1-5-12-11(3,4)10(17)13-8-7(9(15)16)6(2)14-18-8/h12H,5H2,1-4H3,(H,13,17)(H,15,16). The Labute approximate surface area is 110 Å². The highest BCUT2D eigenvalue weighted by Gasteiger charge is 2.28. The lowest BCUT2D eigenvalue weighted by atomic mass is 10.0. The minimum Gasteiger partial charge on any atom is -0.478 e. The van der Waals surface area contributed by atoms with Crippen LogP contribution in [0.4, 0.5) is 5.00 Å². The van der Waals surface area contributed by atoms with Gasteiger partial charge in [-0.2, -0.15) is 4.37 Å². The van der Waals surface area contributed by atoms with Crippen LogP contribution >= 0.6 is 11.5 Å². The van der Waals surface area contributed by atoms with E-state index in [0.29, 0.717) is 12.2 Å². The Morgan fingerprint density at radius 1 is 1.44 bits per heavy atom. The highest BCUT2D eigenvalue weighted by Crippen LogP contribution is 2.25. The maximum Gasteiger partial charge on any atom is 0.340 e. The van der Waals surface area contributed by atoms with E-state index in [9.17, 15) is 9.59 Å². The molecule has 0 aliphatic heterocycles. The summed E-state index contributed by atoms with van der Waals surface area (Å²) in [4.78, 5) is 23.1. The monoisotopic (exact) mass is 271 g/mol. The van der Waals surface area contributed by atoms with Gasteiger partial charge in [0.2, 0.25) is 5.91 Å². The molecule has 0 radical (unpaired) electrons. The molecule has 100 valence electrons. The van der Waals surface area contributed by atoms with E-state index >= 15 is 0 Å². The molecule has 0 aliphatic rings. The summed E-state index contributed by atoms with van der Waals surface area (Å²) in [5.41, 5.74) is -0.299. The van der Waals surface area contributed by atoms with E-state index in [2.05, 4.69) is 15.0 Å². The van der Waals surface area contributed by atoms with Gasteiger partial charge in [-0.25, -0.2) is 4.79 Å². The summed E-state index contributed by atoms with van der Waals surface area (Å²) < 4.78 is 3.94. The first-order valence-corrected chi connectivity index (χ1v) is 6.33. The van der Waals surface area contributed by atoms with E-state index in [-0.39, 0.29) is 16.5 Å². The number of carbonyl (C=O) groups excluding carboxylic acids is 1. The van der Waals surface area contributed by atoms with Gasteiger partial charge in [0.25, 0.3) is 0 Å². The minimum atomic E-state index is -1.09. The van der Waals surface area contributed by atoms with Gasteiger partial charge < -0.3 is 15.7 Å². The Hall–Kier alpha value is -1.47. The van der Waals surface area contributed by atoms with Gasteiger partial charge in [-0.15, -0.1) is 0 Å². The summed E-state index contributed by atoms with van der Waals surface area (Å²) in [6, 6.07) is 0.